The smallest absolute Gasteiger partial charge is 0.117 e. The van der Waals surface area contributed by atoms with Gasteiger partial charge in [0.2, 0.25) is 0 Å². The van der Waals surface area contributed by atoms with Gasteiger partial charge in [-0.05, 0) is 24.7 Å². The Balaban J connectivity index is 1.93. The van der Waals surface area contributed by atoms with Crippen LogP contribution in [0.3, 0.4) is 0 Å². The Kier molecular flexibility index (Phi) is 4.51. The highest BCUT2D eigenvalue weighted by molar-refractivity contribution is 6.30. The second kappa shape index (κ2) is 6.73. The lowest BCUT2D eigenvalue weighted by Gasteiger charge is -2.00. The molecule has 0 unspecified atom stereocenters. The molecule has 0 fully saturated rings. The molecular weight excluding hydrogens is 296 g/mol. The lowest BCUT2D eigenvalue weighted by molar-refractivity contribution is 0.582. The largest absolute Gasteiger partial charge is 0.314 e. The van der Waals surface area contributed by atoms with Gasteiger partial charge in [0, 0.05) is 17.1 Å². The van der Waals surface area contributed by atoms with Crippen LogP contribution < -0.4 is 5.32 Å². The lowest BCUT2D eigenvalue weighted by atomic mass is 10.1. The monoisotopic (exact) mass is 312 g/mol. The van der Waals surface area contributed by atoms with Crippen molar-refractivity contribution in [1.29, 1.82) is 0 Å². The van der Waals surface area contributed by atoms with Gasteiger partial charge in [-0.15, -0.1) is 0 Å². The zero-order valence-corrected chi connectivity index (χ0v) is 13.1. The van der Waals surface area contributed by atoms with E-state index in [1.165, 1.54) is 0 Å². The number of aromatic nitrogens is 3. The van der Waals surface area contributed by atoms with Gasteiger partial charge in [-0.25, -0.2) is 0 Å². The van der Waals surface area contributed by atoms with Crippen LogP contribution in [0.15, 0.2) is 54.6 Å². The number of nitrogens with zero attached hydrogens (tertiary/aromatic N) is 3. The summed E-state index contributed by atoms with van der Waals surface area (Å²) in [6, 6.07) is 17.9. The van der Waals surface area contributed by atoms with Crippen LogP contribution in [-0.4, -0.2) is 22.0 Å². The summed E-state index contributed by atoms with van der Waals surface area (Å²) in [4.78, 5) is 1.72. The highest BCUT2D eigenvalue weighted by Crippen LogP contribution is 2.20. The van der Waals surface area contributed by atoms with E-state index < -0.39 is 0 Å². The second-order valence-corrected chi connectivity index (χ2v) is 5.49. The van der Waals surface area contributed by atoms with Crippen molar-refractivity contribution in [3.8, 4) is 11.3 Å². The van der Waals surface area contributed by atoms with Gasteiger partial charge in [-0.1, -0.05) is 54.1 Å². The fourth-order valence-corrected chi connectivity index (χ4v) is 2.57. The van der Waals surface area contributed by atoms with Gasteiger partial charge >= 0.3 is 0 Å². The number of hydrogen-bond acceptors (Lipinski definition) is 3. The van der Waals surface area contributed by atoms with Crippen LogP contribution in [0, 0.1) is 0 Å². The third-order valence-corrected chi connectivity index (χ3v) is 3.56. The zero-order chi connectivity index (χ0) is 15.4. The molecule has 3 rings (SSSR count). The zero-order valence-electron chi connectivity index (χ0n) is 12.3. The Labute approximate surface area is 134 Å². The van der Waals surface area contributed by atoms with Gasteiger partial charge < -0.3 is 5.32 Å². The molecule has 0 aliphatic rings. The Hall–Kier alpha value is -2.17. The molecule has 22 heavy (non-hydrogen) atoms. The van der Waals surface area contributed by atoms with Crippen LogP contribution in [-0.2, 0) is 13.1 Å². The quantitative estimate of drug-likeness (QED) is 0.785. The first-order chi connectivity index (χ1) is 10.8. The van der Waals surface area contributed by atoms with E-state index in [0.29, 0.717) is 13.1 Å². The first-order valence-electron chi connectivity index (χ1n) is 7.15. The minimum atomic E-state index is 0.601. The van der Waals surface area contributed by atoms with Crippen LogP contribution in [0.25, 0.3) is 11.3 Å². The Morgan fingerprint density at radius 3 is 2.59 bits per heavy atom. The molecule has 0 spiro atoms. The van der Waals surface area contributed by atoms with Crippen LogP contribution in [0.2, 0.25) is 5.02 Å². The normalized spacial score (nSPS) is 10.8. The topological polar surface area (TPSA) is 42.7 Å². The summed E-state index contributed by atoms with van der Waals surface area (Å²) in [5.41, 5.74) is 4.01. The Bertz CT molecular complexity index is 752. The Morgan fingerprint density at radius 1 is 1.05 bits per heavy atom. The maximum absolute atomic E-state index is 6.03. The SMILES string of the molecule is CNCc1nn(Cc2cccc(Cl)c2)nc1-c1ccccc1. The minimum Gasteiger partial charge on any atom is -0.314 e. The van der Waals surface area contributed by atoms with Crippen LogP contribution in [0.1, 0.15) is 11.3 Å². The molecule has 0 amide bonds. The number of hydrogen-bond donors (Lipinski definition) is 1. The van der Waals surface area contributed by atoms with Crippen molar-refractivity contribution in [3.63, 3.8) is 0 Å². The van der Waals surface area contributed by atoms with E-state index in [1.807, 2.05) is 61.6 Å². The van der Waals surface area contributed by atoms with Gasteiger partial charge in [0.1, 0.15) is 11.4 Å². The highest BCUT2D eigenvalue weighted by atomic mass is 35.5. The molecule has 0 saturated heterocycles. The fraction of sp³-hybridized carbons (Fsp3) is 0.176. The third kappa shape index (κ3) is 3.35. The summed E-state index contributed by atoms with van der Waals surface area (Å²) in [5.74, 6) is 0. The van der Waals surface area contributed by atoms with Crippen molar-refractivity contribution >= 4 is 11.6 Å². The van der Waals surface area contributed by atoms with Crippen molar-refractivity contribution in [3.05, 3.63) is 70.9 Å². The molecule has 1 N–H and O–H groups in total. The molecule has 0 aliphatic carbocycles. The second-order valence-electron chi connectivity index (χ2n) is 5.05. The van der Waals surface area contributed by atoms with E-state index in [0.717, 1.165) is 27.5 Å². The molecule has 0 atom stereocenters. The van der Waals surface area contributed by atoms with Gasteiger partial charge in [0.05, 0.1) is 6.54 Å². The summed E-state index contributed by atoms with van der Waals surface area (Å²) < 4.78 is 0. The minimum absolute atomic E-state index is 0.601. The molecular formula is C17H17ClN4. The summed E-state index contributed by atoms with van der Waals surface area (Å²) >= 11 is 6.03. The maximum atomic E-state index is 6.03. The molecule has 0 aliphatic heterocycles. The standard InChI is InChI=1S/C17H17ClN4/c1-19-11-16-17(14-7-3-2-4-8-14)21-22(20-16)12-13-6-5-9-15(18)10-13/h2-10,19H,11-12H2,1H3. The summed E-state index contributed by atoms with van der Waals surface area (Å²) in [6.45, 7) is 1.28. The van der Waals surface area contributed by atoms with Gasteiger partial charge in [-0.3, -0.25) is 0 Å². The molecule has 112 valence electrons. The predicted octanol–water partition coefficient (Wildman–Crippen LogP) is 3.37. The van der Waals surface area contributed by atoms with Crippen molar-refractivity contribution < 1.29 is 0 Å². The van der Waals surface area contributed by atoms with E-state index >= 15 is 0 Å². The number of halogens is 1. The van der Waals surface area contributed by atoms with Crippen LogP contribution in [0.4, 0.5) is 0 Å². The predicted molar refractivity (Wildman–Crippen MR) is 88.8 cm³/mol. The van der Waals surface area contributed by atoms with E-state index in [4.69, 9.17) is 11.6 Å². The average Bonchev–Trinajstić information content (AvgIpc) is 2.91. The molecule has 4 nitrogen and oxygen atoms in total. The van der Waals surface area contributed by atoms with Crippen molar-refractivity contribution in [2.75, 3.05) is 7.05 Å². The van der Waals surface area contributed by atoms with Gasteiger partial charge in [0.15, 0.2) is 0 Å². The maximum Gasteiger partial charge on any atom is 0.117 e. The summed E-state index contributed by atoms with van der Waals surface area (Å²) in [7, 11) is 1.91. The molecule has 0 bridgehead atoms. The van der Waals surface area contributed by atoms with Gasteiger partial charge in [0.25, 0.3) is 0 Å². The van der Waals surface area contributed by atoms with E-state index in [9.17, 15) is 0 Å². The average molecular weight is 313 g/mol. The summed E-state index contributed by atoms with van der Waals surface area (Å²) in [5, 5.41) is 13.1. The molecule has 2 aromatic carbocycles. The first-order valence-corrected chi connectivity index (χ1v) is 7.52. The molecule has 0 radical (unpaired) electrons. The van der Waals surface area contributed by atoms with E-state index in [2.05, 4.69) is 15.5 Å². The first kappa shape index (κ1) is 14.8. The van der Waals surface area contributed by atoms with Crippen LogP contribution >= 0.6 is 11.6 Å². The van der Waals surface area contributed by atoms with Crippen molar-refractivity contribution in [2.45, 2.75) is 13.1 Å². The fourth-order valence-electron chi connectivity index (χ4n) is 2.36. The molecule has 5 heteroatoms. The summed E-state index contributed by atoms with van der Waals surface area (Å²) in [6.07, 6.45) is 0. The molecule has 1 aromatic heterocycles. The third-order valence-electron chi connectivity index (χ3n) is 3.33. The van der Waals surface area contributed by atoms with Crippen LogP contribution in [0.5, 0.6) is 0 Å². The van der Waals surface area contributed by atoms with Gasteiger partial charge in [-0.2, -0.15) is 15.0 Å². The van der Waals surface area contributed by atoms with Crippen molar-refractivity contribution in [2.24, 2.45) is 0 Å². The number of benzene rings is 2. The van der Waals surface area contributed by atoms with Crippen molar-refractivity contribution in [1.82, 2.24) is 20.3 Å². The molecule has 1 heterocycles. The molecule has 3 aromatic rings. The molecule has 0 saturated carbocycles. The van der Waals surface area contributed by atoms with E-state index in [1.54, 1.807) is 4.80 Å². The highest BCUT2D eigenvalue weighted by Gasteiger charge is 2.12. The Morgan fingerprint density at radius 2 is 1.86 bits per heavy atom. The number of nitrogens with one attached hydrogen (secondary N) is 1. The lowest BCUT2D eigenvalue weighted by Crippen LogP contribution is -2.08. The number of rotatable bonds is 5. The van der Waals surface area contributed by atoms with E-state index in [-0.39, 0.29) is 0 Å².